The lowest BCUT2D eigenvalue weighted by Gasteiger charge is -2.33. The number of nitrogens with two attached hydrogens (primary N) is 1. The molecule has 106 valence electrons. The van der Waals surface area contributed by atoms with Crippen molar-refractivity contribution in [2.45, 2.75) is 58.0 Å². The topological polar surface area (TPSA) is 41.3 Å². The van der Waals surface area contributed by atoms with Crippen LogP contribution in [0, 0.1) is 0 Å². The summed E-state index contributed by atoms with van der Waals surface area (Å²) in [5.41, 5.74) is 6.22. The second-order valence-corrected chi connectivity index (χ2v) is 5.75. The fourth-order valence-corrected chi connectivity index (χ4v) is 2.77. The lowest BCUT2D eigenvalue weighted by Crippen LogP contribution is -2.52. The zero-order valence-electron chi connectivity index (χ0n) is 12.4. The first kappa shape index (κ1) is 15.7. The van der Waals surface area contributed by atoms with Crippen molar-refractivity contribution in [3.63, 3.8) is 0 Å². The van der Waals surface area contributed by atoms with Crippen LogP contribution in [0.4, 0.5) is 0 Å². The summed E-state index contributed by atoms with van der Waals surface area (Å²) in [7, 11) is 0. The van der Waals surface area contributed by atoms with Crippen LogP contribution in [0.3, 0.4) is 0 Å². The van der Waals surface area contributed by atoms with E-state index < -0.39 is 0 Å². The third-order valence-corrected chi connectivity index (χ3v) is 4.15. The van der Waals surface area contributed by atoms with Crippen molar-refractivity contribution in [2.75, 3.05) is 26.2 Å². The molecule has 0 amide bonds. The molecule has 1 atom stereocenters. The van der Waals surface area contributed by atoms with Gasteiger partial charge in [-0.25, -0.2) is 0 Å². The summed E-state index contributed by atoms with van der Waals surface area (Å²) in [6.07, 6.45) is 9.08. The van der Waals surface area contributed by atoms with Gasteiger partial charge >= 0.3 is 0 Å². The summed E-state index contributed by atoms with van der Waals surface area (Å²) < 4.78 is 0. The number of hydrogen-bond acceptors (Lipinski definition) is 3. The van der Waals surface area contributed by atoms with Crippen LogP contribution in [-0.4, -0.2) is 42.7 Å². The first-order chi connectivity index (χ1) is 8.63. The second-order valence-electron chi connectivity index (χ2n) is 5.75. The summed E-state index contributed by atoms with van der Waals surface area (Å²) >= 11 is 0. The lowest BCUT2D eigenvalue weighted by atomic mass is 9.90. The molecule has 3 N–H and O–H groups in total. The molecule has 0 saturated carbocycles. The van der Waals surface area contributed by atoms with E-state index in [0.717, 1.165) is 19.5 Å². The van der Waals surface area contributed by atoms with E-state index in [1.165, 1.54) is 32.4 Å². The Morgan fingerprint density at radius 3 is 2.72 bits per heavy atom. The van der Waals surface area contributed by atoms with Crippen LogP contribution in [0.15, 0.2) is 12.2 Å². The molecule has 0 aromatic heterocycles. The van der Waals surface area contributed by atoms with E-state index in [9.17, 15) is 0 Å². The maximum atomic E-state index is 6.04. The van der Waals surface area contributed by atoms with Crippen molar-refractivity contribution >= 4 is 0 Å². The molecule has 0 bridgehead atoms. The minimum atomic E-state index is 0.172. The summed E-state index contributed by atoms with van der Waals surface area (Å²) in [5.74, 6) is 0. The zero-order valence-corrected chi connectivity index (χ0v) is 12.4. The molecule has 1 aliphatic rings. The van der Waals surface area contributed by atoms with Crippen molar-refractivity contribution in [3.05, 3.63) is 12.2 Å². The van der Waals surface area contributed by atoms with Crippen molar-refractivity contribution < 1.29 is 0 Å². The van der Waals surface area contributed by atoms with Crippen LogP contribution in [-0.2, 0) is 0 Å². The standard InChI is InChI=1S/C15H31N3/c1-4-5-6-10-17-15(13-16)8-7-11-18(12-9-15)14(2)3/h4-5,14,17H,6-13,16H2,1-3H3/b5-4+. The van der Waals surface area contributed by atoms with E-state index >= 15 is 0 Å². The average molecular weight is 253 g/mol. The van der Waals surface area contributed by atoms with E-state index in [-0.39, 0.29) is 5.54 Å². The van der Waals surface area contributed by atoms with Gasteiger partial charge in [0.15, 0.2) is 0 Å². The molecule has 3 heteroatoms. The van der Waals surface area contributed by atoms with E-state index in [4.69, 9.17) is 5.73 Å². The van der Waals surface area contributed by atoms with Crippen LogP contribution in [0.1, 0.15) is 46.5 Å². The highest BCUT2D eigenvalue weighted by atomic mass is 15.2. The van der Waals surface area contributed by atoms with Crippen molar-refractivity contribution in [2.24, 2.45) is 5.73 Å². The molecule has 1 heterocycles. The third kappa shape index (κ3) is 4.71. The van der Waals surface area contributed by atoms with E-state index in [1.807, 2.05) is 0 Å². The average Bonchev–Trinajstić information content (AvgIpc) is 2.58. The molecule has 18 heavy (non-hydrogen) atoms. The smallest absolute Gasteiger partial charge is 0.0316 e. The van der Waals surface area contributed by atoms with Crippen LogP contribution in [0.2, 0.25) is 0 Å². The molecule has 0 aromatic rings. The normalized spacial score (nSPS) is 26.9. The molecule has 0 aromatic carbocycles. The molecular formula is C15H31N3. The van der Waals surface area contributed by atoms with Gasteiger partial charge in [-0.3, -0.25) is 0 Å². The van der Waals surface area contributed by atoms with Crippen molar-refractivity contribution in [3.8, 4) is 0 Å². The van der Waals surface area contributed by atoms with Gasteiger partial charge in [-0.2, -0.15) is 0 Å². The maximum absolute atomic E-state index is 6.04. The van der Waals surface area contributed by atoms with Crippen molar-refractivity contribution in [1.29, 1.82) is 0 Å². The van der Waals surface area contributed by atoms with Gasteiger partial charge in [-0.15, -0.1) is 0 Å². The number of nitrogens with one attached hydrogen (secondary N) is 1. The first-order valence-corrected chi connectivity index (χ1v) is 7.44. The number of hydrogen-bond donors (Lipinski definition) is 2. The van der Waals surface area contributed by atoms with Crippen LogP contribution in [0.25, 0.3) is 0 Å². The Hall–Kier alpha value is -0.380. The predicted molar refractivity (Wildman–Crippen MR) is 79.8 cm³/mol. The number of likely N-dealkylation sites (tertiary alicyclic amines) is 1. The summed E-state index contributed by atoms with van der Waals surface area (Å²) in [4.78, 5) is 2.57. The SMILES string of the molecule is C/C=C/CCNC1(CN)CCCN(C(C)C)CC1. The highest BCUT2D eigenvalue weighted by molar-refractivity contribution is 4.93. The van der Waals surface area contributed by atoms with E-state index in [1.54, 1.807) is 0 Å². The number of nitrogens with zero attached hydrogens (tertiary/aromatic N) is 1. The van der Waals surface area contributed by atoms with Gasteiger partial charge < -0.3 is 16.0 Å². The number of allylic oxidation sites excluding steroid dienone is 1. The molecule has 0 radical (unpaired) electrons. The Labute approximate surface area is 113 Å². The number of rotatable bonds is 6. The van der Waals surface area contributed by atoms with Gasteiger partial charge in [0.05, 0.1) is 0 Å². The molecule has 1 saturated heterocycles. The first-order valence-electron chi connectivity index (χ1n) is 7.44. The Morgan fingerprint density at radius 2 is 2.11 bits per heavy atom. The monoisotopic (exact) mass is 253 g/mol. The lowest BCUT2D eigenvalue weighted by molar-refractivity contribution is 0.219. The third-order valence-electron chi connectivity index (χ3n) is 4.15. The quantitative estimate of drug-likeness (QED) is 0.563. The van der Waals surface area contributed by atoms with Gasteiger partial charge in [0, 0.05) is 24.7 Å². The predicted octanol–water partition coefficient (Wildman–Crippen LogP) is 2.13. The van der Waals surface area contributed by atoms with Crippen molar-refractivity contribution in [1.82, 2.24) is 10.2 Å². The van der Waals surface area contributed by atoms with Gasteiger partial charge in [0.1, 0.15) is 0 Å². The minimum Gasteiger partial charge on any atom is -0.329 e. The summed E-state index contributed by atoms with van der Waals surface area (Å²) in [6, 6.07) is 0.654. The molecule has 1 fully saturated rings. The van der Waals surface area contributed by atoms with Crippen LogP contribution in [0.5, 0.6) is 0 Å². The molecule has 1 unspecified atom stereocenters. The highest BCUT2D eigenvalue weighted by Gasteiger charge is 2.30. The summed E-state index contributed by atoms with van der Waals surface area (Å²) in [5, 5.41) is 3.72. The summed E-state index contributed by atoms with van der Waals surface area (Å²) in [6.45, 7) is 10.8. The molecular weight excluding hydrogens is 222 g/mol. The molecule has 1 aliphatic heterocycles. The molecule has 3 nitrogen and oxygen atoms in total. The van der Waals surface area contributed by atoms with Gasteiger partial charge in [0.25, 0.3) is 0 Å². The van der Waals surface area contributed by atoms with Gasteiger partial charge in [0.2, 0.25) is 0 Å². The minimum absolute atomic E-state index is 0.172. The Morgan fingerprint density at radius 1 is 1.33 bits per heavy atom. The zero-order chi connectivity index (χ0) is 13.4. The molecule has 1 rings (SSSR count). The highest BCUT2D eigenvalue weighted by Crippen LogP contribution is 2.22. The Balaban J connectivity index is 2.48. The fourth-order valence-electron chi connectivity index (χ4n) is 2.77. The van der Waals surface area contributed by atoms with Crippen LogP contribution < -0.4 is 11.1 Å². The van der Waals surface area contributed by atoms with E-state index in [2.05, 4.69) is 43.1 Å². The van der Waals surface area contributed by atoms with Gasteiger partial charge in [-0.05, 0) is 59.5 Å². The molecule has 0 aliphatic carbocycles. The van der Waals surface area contributed by atoms with E-state index in [0.29, 0.717) is 6.04 Å². The largest absolute Gasteiger partial charge is 0.329 e. The van der Waals surface area contributed by atoms with Gasteiger partial charge in [-0.1, -0.05) is 12.2 Å². The Kier molecular flexibility index (Phi) is 6.90. The van der Waals surface area contributed by atoms with Crippen LogP contribution >= 0.6 is 0 Å². The fraction of sp³-hybridized carbons (Fsp3) is 0.867. The maximum Gasteiger partial charge on any atom is 0.0316 e. The second kappa shape index (κ2) is 7.93. The molecule has 0 spiro atoms. The Bertz CT molecular complexity index is 250.